The predicted molar refractivity (Wildman–Crippen MR) is 75.8 cm³/mol. The Morgan fingerprint density at radius 2 is 2.09 bits per heavy atom. The van der Waals surface area contributed by atoms with Crippen molar-refractivity contribution in [2.45, 2.75) is 26.4 Å². The smallest absolute Gasteiger partial charge is 0.351 e. The molecule has 0 aromatic carbocycles. The summed E-state index contributed by atoms with van der Waals surface area (Å²) in [5.74, 6) is -0.282. The number of thiazole rings is 1. The summed E-state index contributed by atoms with van der Waals surface area (Å²) in [5, 5.41) is 8.15. The van der Waals surface area contributed by atoms with Gasteiger partial charge in [0.1, 0.15) is 0 Å². The lowest BCUT2D eigenvalue weighted by molar-refractivity contribution is -0.140. The normalized spacial score (nSPS) is 11.7. The molecule has 0 aliphatic rings. The highest BCUT2D eigenvalue weighted by Gasteiger charge is 2.33. The maximum Gasteiger partial charge on any atom is 0.434 e. The topological polar surface area (TPSA) is 59.8 Å². The first-order chi connectivity index (χ1) is 10.2. The van der Waals surface area contributed by atoms with E-state index in [2.05, 4.69) is 15.4 Å². The van der Waals surface area contributed by atoms with Crippen LogP contribution in [0.5, 0.6) is 0 Å². The predicted octanol–water partition coefficient (Wildman–Crippen LogP) is 2.48. The molecule has 22 heavy (non-hydrogen) atoms. The van der Waals surface area contributed by atoms with Gasteiger partial charge in [-0.3, -0.25) is 9.48 Å². The molecule has 0 radical (unpaired) electrons. The zero-order valence-electron chi connectivity index (χ0n) is 12.3. The molecular formula is C13H15F3N4OS. The molecule has 0 aliphatic carbocycles. The highest BCUT2D eigenvalue weighted by Crippen LogP contribution is 2.30. The minimum atomic E-state index is -4.43. The molecule has 2 rings (SSSR count). The fraction of sp³-hybridized carbons (Fsp3) is 0.462. The highest BCUT2D eigenvalue weighted by atomic mass is 32.1. The third-order valence-electron chi connectivity index (χ3n) is 3.20. The summed E-state index contributed by atoms with van der Waals surface area (Å²) in [6.45, 7) is 3.74. The van der Waals surface area contributed by atoms with Crippen LogP contribution in [0.15, 0.2) is 5.38 Å². The van der Waals surface area contributed by atoms with Crippen LogP contribution in [0, 0.1) is 13.8 Å². The van der Waals surface area contributed by atoms with E-state index in [4.69, 9.17) is 0 Å². The zero-order chi connectivity index (χ0) is 16.5. The SMILES string of the molecule is Cc1nn(C)c(C)c1C(=O)NCCc1nc(C(F)(F)F)cs1. The van der Waals surface area contributed by atoms with E-state index < -0.39 is 11.9 Å². The molecule has 2 aromatic rings. The van der Waals surface area contributed by atoms with Gasteiger partial charge < -0.3 is 5.32 Å². The molecule has 0 fully saturated rings. The number of aryl methyl sites for hydroxylation is 2. The lowest BCUT2D eigenvalue weighted by Gasteiger charge is -2.04. The summed E-state index contributed by atoms with van der Waals surface area (Å²) < 4.78 is 38.9. The van der Waals surface area contributed by atoms with Crippen molar-refractivity contribution in [3.63, 3.8) is 0 Å². The molecule has 0 spiro atoms. The second kappa shape index (κ2) is 6.07. The van der Waals surface area contributed by atoms with Crippen LogP contribution in [0.3, 0.4) is 0 Å². The van der Waals surface area contributed by atoms with Crippen LogP contribution in [0.4, 0.5) is 13.2 Å². The van der Waals surface area contributed by atoms with E-state index in [1.807, 2.05) is 0 Å². The molecular weight excluding hydrogens is 317 g/mol. The number of halogens is 3. The van der Waals surface area contributed by atoms with Crippen LogP contribution in [0.25, 0.3) is 0 Å². The largest absolute Gasteiger partial charge is 0.434 e. The fourth-order valence-electron chi connectivity index (χ4n) is 2.03. The van der Waals surface area contributed by atoms with E-state index in [1.165, 1.54) is 0 Å². The summed E-state index contributed by atoms with van der Waals surface area (Å²) in [6, 6.07) is 0. The average molecular weight is 332 g/mol. The van der Waals surface area contributed by atoms with Crippen LogP contribution in [-0.4, -0.2) is 27.2 Å². The van der Waals surface area contributed by atoms with Crippen molar-refractivity contribution in [1.29, 1.82) is 0 Å². The van der Waals surface area contributed by atoms with Gasteiger partial charge in [-0.2, -0.15) is 18.3 Å². The lowest BCUT2D eigenvalue weighted by Crippen LogP contribution is -2.26. The van der Waals surface area contributed by atoms with E-state index in [0.29, 0.717) is 16.3 Å². The van der Waals surface area contributed by atoms with Crippen molar-refractivity contribution in [3.05, 3.63) is 33.0 Å². The van der Waals surface area contributed by atoms with Gasteiger partial charge in [0.2, 0.25) is 0 Å². The second-order valence-electron chi connectivity index (χ2n) is 4.80. The molecule has 9 heteroatoms. The molecule has 120 valence electrons. The van der Waals surface area contributed by atoms with E-state index in [-0.39, 0.29) is 18.9 Å². The first-order valence-corrected chi connectivity index (χ1v) is 7.38. The molecule has 2 heterocycles. The third-order valence-corrected chi connectivity index (χ3v) is 4.11. The molecule has 5 nitrogen and oxygen atoms in total. The van der Waals surface area contributed by atoms with Crippen LogP contribution in [-0.2, 0) is 19.6 Å². The van der Waals surface area contributed by atoms with Gasteiger partial charge >= 0.3 is 6.18 Å². The van der Waals surface area contributed by atoms with Crippen LogP contribution < -0.4 is 5.32 Å². The number of carbonyl (C=O) groups is 1. The Bertz CT molecular complexity index is 690. The monoisotopic (exact) mass is 332 g/mol. The Kier molecular flexibility index (Phi) is 4.55. The average Bonchev–Trinajstić information content (AvgIpc) is 2.95. The minimum absolute atomic E-state index is 0.220. The number of amides is 1. The molecule has 0 saturated carbocycles. The van der Waals surface area contributed by atoms with E-state index >= 15 is 0 Å². The first kappa shape index (κ1) is 16.5. The second-order valence-corrected chi connectivity index (χ2v) is 5.74. The number of nitrogens with one attached hydrogen (secondary N) is 1. The van der Waals surface area contributed by atoms with Crippen molar-refractivity contribution < 1.29 is 18.0 Å². The van der Waals surface area contributed by atoms with Gasteiger partial charge in [0, 0.05) is 31.1 Å². The van der Waals surface area contributed by atoms with Crippen molar-refractivity contribution >= 4 is 17.2 Å². The van der Waals surface area contributed by atoms with Crippen LogP contribution >= 0.6 is 11.3 Å². The number of hydrogen-bond acceptors (Lipinski definition) is 4. The number of nitrogens with zero attached hydrogens (tertiary/aromatic N) is 3. The van der Waals surface area contributed by atoms with Crippen LogP contribution in [0.1, 0.15) is 32.4 Å². The molecule has 0 unspecified atom stereocenters. The molecule has 0 atom stereocenters. The maximum absolute atomic E-state index is 12.4. The van der Waals surface area contributed by atoms with Gasteiger partial charge in [-0.25, -0.2) is 4.98 Å². The lowest BCUT2D eigenvalue weighted by atomic mass is 10.2. The molecule has 1 N–H and O–H groups in total. The Morgan fingerprint density at radius 1 is 1.41 bits per heavy atom. The number of rotatable bonds is 4. The van der Waals surface area contributed by atoms with Gasteiger partial charge in [-0.1, -0.05) is 0 Å². The summed E-state index contributed by atoms with van der Waals surface area (Å²) in [4.78, 5) is 15.6. The molecule has 0 bridgehead atoms. The molecule has 0 saturated heterocycles. The summed E-state index contributed by atoms with van der Waals surface area (Å²) >= 11 is 0.935. The van der Waals surface area contributed by atoms with E-state index in [1.54, 1.807) is 25.6 Å². The molecule has 0 aliphatic heterocycles. The number of alkyl halides is 3. The van der Waals surface area contributed by atoms with E-state index in [9.17, 15) is 18.0 Å². The number of hydrogen-bond donors (Lipinski definition) is 1. The third kappa shape index (κ3) is 3.46. The Hall–Kier alpha value is -1.90. The molecule has 1 amide bonds. The van der Waals surface area contributed by atoms with Gasteiger partial charge in [-0.05, 0) is 13.8 Å². The summed E-state index contributed by atoms with van der Waals surface area (Å²) in [7, 11) is 1.74. The van der Waals surface area contributed by atoms with Crippen molar-refractivity contribution in [2.75, 3.05) is 6.54 Å². The van der Waals surface area contributed by atoms with Gasteiger partial charge in [0.25, 0.3) is 5.91 Å². The zero-order valence-corrected chi connectivity index (χ0v) is 13.1. The molecule has 2 aromatic heterocycles. The quantitative estimate of drug-likeness (QED) is 0.936. The van der Waals surface area contributed by atoms with Gasteiger partial charge in [-0.15, -0.1) is 11.3 Å². The fourth-order valence-corrected chi connectivity index (χ4v) is 2.83. The first-order valence-electron chi connectivity index (χ1n) is 6.50. The van der Waals surface area contributed by atoms with Gasteiger partial charge in [0.15, 0.2) is 5.69 Å². The maximum atomic E-state index is 12.4. The Balaban J connectivity index is 1.94. The number of carbonyl (C=O) groups excluding carboxylic acids is 1. The minimum Gasteiger partial charge on any atom is -0.351 e. The number of aromatic nitrogens is 3. The van der Waals surface area contributed by atoms with Crippen molar-refractivity contribution in [1.82, 2.24) is 20.1 Å². The highest BCUT2D eigenvalue weighted by molar-refractivity contribution is 7.09. The Morgan fingerprint density at radius 3 is 2.59 bits per heavy atom. The summed E-state index contributed by atoms with van der Waals surface area (Å²) in [6.07, 6.45) is -4.17. The van der Waals surface area contributed by atoms with E-state index in [0.717, 1.165) is 22.4 Å². The van der Waals surface area contributed by atoms with Crippen molar-refractivity contribution in [3.8, 4) is 0 Å². The van der Waals surface area contributed by atoms with Gasteiger partial charge in [0.05, 0.1) is 16.3 Å². The standard InChI is InChI=1S/C13H15F3N4OS/c1-7-11(8(2)20(3)19-7)12(21)17-5-4-10-18-9(6-22-10)13(14,15)16/h6H,4-5H2,1-3H3,(H,17,21). The Labute approximate surface area is 129 Å². The summed E-state index contributed by atoms with van der Waals surface area (Å²) in [5.41, 5.74) is 0.963. The van der Waals surface area contributed by atoms with Crippen LogP contribution in [0.2, 0.25) is 0 Å². The van der Waals surface area contributed by atoms with Crippen molar-refractivity contribution in [2.24, 2.45) is 7.05 Å².